The number of ether oxygens (including phenoxy) is 1. The average molecular weight is 427 g/mol. The zero-order valence-electron chi connectivity index (χ0n) is 14.3. The summed E-state index contributed by atoms with van der Waals surface area (Å²) >= 11 is 3.12. The fourth-order valence-corrected chi connectivity index (χ4v) is 3.92. The molecule has 1 aromatic carbocycles. The third-order valence-corrected chi connectivity index (χ3v) is 5.71. The van der Waals surface area contributed by atoms with Gasteiger partial charge in [0.2, 0.25) is 5.95 Å². The monoisotopic (exact) mass is 427 g/mol. The van der Waals surface area contributed by atoms with Gasteiger partial charge in [-0.25, -0.2) is 9.97 Å². The topological polar surface area (TPSA) is 136 Å². The van der Waals surface area contributed by atoms with E-state index in [2.05, 4.69) is 15.0 Å². The van der Waals surface area contributed by atoms with Crippen molar-refractivity contribution in [2.45, 2.75) is 21.4 Å². The van der Waals surface area contributed by atoms with Gasteiger partial charge in [0.25, 0.3) is 0 Å². The van der Waals surface area contributed by atoms with Crippen LogP contribution in [-0.2, 0) is 15.8 Å². The van der Waals surface area contributed by atoms with Gasteiger partial charge in [0.15, 0.2) is 5.65 Å². The van der Waals surface area contributed by atoms with Crippen molar-refractivity contribution in [1.29, 1.82) is 0 Å². The standard InChI is InChI=1S/C15H18N5O4PS2/c1-26-10-2-4-11(5-3-10)27-14-12-13(18-15(16)19-14)20(8-17-12)6-7-24-9-25(21,22)23/h2-5,8H,6-7,9H2,1H3,(H2,16,18,19)(H2,21,22,23). The van der Waals surface area contributed by atoms with Gasteiger partial charge in [0.1, 0.15) is 16.9 Å². The number of nitrogens with zero attached hydrogens (tertiary/aromatic N) is 4. The number of benzene rings is 1. The summed E-state index contributed by atoms with van der Waals surface area (Å²) in [4.78, 5) is 32.7. The van der Waals surface area contributed by atoms with Crippen LogP contribution in [0, 0.1) is 0 Å². The zero-order chi connectivity index (χ0) is 19.4. The average Bonchev–Trinajstić information content (AvgIpc) is 3.01. The Morgan fingerprint density at radius 1 is 1.22 bits per heavy atom. The van der Waals surface area contributed by atoms with E-state index in [4.69, 9.17) is 20.3 Å². The quantitative estimate of drug-likeness (QED) is 0.213. The molecule has 0 saturated carbocycles. The molecular weight excluding hydrogens is 409 g/mol. The van der Waals surface area contributed by atoms with Crippen LogP contribution in [0.5, 0.6) is 0 Å². The molecule has 0 aliphatic rings. The number of thioether (sulfide) groups is 1. The summed E-state index contributed by atoms with van der Waals surface area (Å²) in [6.45, 7) is 0.443. The zero-order valence-corrected chi connectivity index (χ0v) is 16.9. The summed E-state index contributed by atoms with van der Waals surface area (Å²) < 4.78 is 17.5. The summed E-state index contributed by atoms with van der Waals surface area (Å²) in [5.41, 5.74) is 7.01. The third-order valence-electron chi connectivity index (χ3n) is 3.46. The number of nitrogens with two attached hydrogens (primary N) is 1. The second-order valence-corrected chi connectivity index (χ2v) is 9.01. The summed E-state index contributed by atoms with van der Waals surface area (Å²) in [6, 6.07) is 8.08. The van der Waals surface area contributed by atoms with Gasteiger partial charge in [0, 0.05) is 16.3 Å². The van der Waals surface area contributed by atoms with Gasteiger partial charge >= 0.3 is 7.60 Å². The van der Waals surface area contributed by atoms with E-state index >= 15 is 0 Å². The van der Waals surface area contributed by atoms with Crippen LogP contribution in [0.3, 0.4) is 0 Å². The van der Waals surface area contributed by atoms with Crippen molar-refractivity contribution in [1.82, 2.24) is 19.5 Å². The lowest BCUT2D eigenvalue weighted by atomic mass is 10.4. The van der Waals surface area contributed by atoms with Crippen LogP contribution < -0.4 is 5.73 Å². The molecule has 0 spiro atoms. The molecule has 144 valence electrons. The van der Waals surface area contributed by atoms with Crippen molar-refractivity contribution in [2.75, 3.05) is 24.9 Å². The Labute approximate surface area is 163 Å². The minimum atomic E-state index is -4.18. The van der Waals surface area contributed by atoms with E-state index in [0.29, 0.717) is 22.7 Å². The summed E-state index contributed by atoms with van der Waals surface area (Å²) in [6.07, 6.45) is 2.98. The van der Waals surface area contributed by atoms with E-state index in [1.165, 1.54) is 16.7 Å². The van der Waals surface area contributed by atoms with Crippen molar-refractivity contribution in [3.63, 3.8) is 0 Å². The normalized spacial score (nSPS) is 12.0. The Morgan fingerprint density at radius 2 is 1.93 bits per heavy atom. The number of anilines is 1. The van der Waals surface area contributed by atoms with Crippen molar-refractivity contribution in [2.24, 2.45) is 0 Å². The molecule has 4 N–H and O–H groups in total. The number of nitrogen functional groups attached to an aromatic ring is 1. The Balaban J connectivity index is 1.78. The number of imidazole rings is 1. The first-order valence-electron chi connectivity index (χ1n) is 7.78. The molecule has 0 amide bonds. The minimum Gasteiger partial charge on any atom is -0.368 e. The third kappa shape index (κ3) is 5.44. The summed E-state index contributed by atoms with van der Waals surface area (Å²) in [7, 11) is -4.18. The summed E-state index contributed by atoms with van der Waals surface area (Å²) in [5, 5.41) is 0.643. The van der Waals surface area contributed by atoms with Gasteiger partial charge in [-0.3, -0.25) is 4.57 Å². The molecule has 0 aliphatic heterocycles. The van der Waals surface area contributed by atoms with Gasteiger partial charge < -0.3 is 24.8 Å². The van der Waals surface area contributed by atoms with Gasteiger partial charge in [-0.15, -0.1) is 11.8 Å². The number of hydrogen-bond acceptors (Lipinski definition) is 8. The molecule has 2 heterocycles. The number of aromatic nitrogens is 4. The molecule has 12 heteroatoms. The molecule has 3 aromatic rings. The van der Waals surface area contributed by atoms with Gasteiger partial charge in [0.05, 0.1) is 12.9 Å². The second kappa shape index (κ2) is 8.59. The molecule has 0 unspecified atom stereocenters. The van der Waals surface area contributed by atoms with Crippen LogP contribution in [0.15, 0.2) is 45.4 Å². The lowest BCUT2D eigenvalue weighted by molar-refractivity contribution is 0.149. The first kappa shape index (κ1) is 20.1. The van der Waals surface area contributed by atoms with E-state index in [1.807, 2.05) is 30.5 Å². The lowest BCUT2D eigenvalue weighted by Gasteiger charge is -2.08. The Hall–Kier alpha value is -1.62. The SMILES string of the molecule is CSc1ccc(Sc2nc(N)nc3c2ncn3CCOCP(=O)(O)O)cc1. The van der Waals surface area contributed by atoms with E-state index in [-0.39, 0.29) is 12.6 Å². The maximum atomic E-state index is 10.8. The first-order chi connectivity index (χ1) is 12.9. The predicted molar refractivity (Wildman–Crippen MR) is 105 cm³/mol. The Kier molecular flexibility index (Phi) is 6.40. The number of rotatable bonds is 8. The van der Waals surface area contributed by atoms with Crippen LogP contribution in [0.4, 0.5) is 5.95 Å². The molecule has 0 atom stereocenters. The smallest absolute Gasteiger partial charge is 0.350 e. The highest BCUT2D eigenvalue weighted by atomic mass is 32.2. The molecule has 0 bridgehead atoms. The highest BCUT2D eigenvalue weighted by molar-refractivity contribution is 7.99. The predicted octanol–water partition coefficient (Wildman–Crippen LogP) is 2.43. The van der Waals surface area contributed by atoms with E-state index in [9.17, 15) is 4.57 Å². The lowest BCUT2D eigenvalue weighted by Crippen LogP contribution is -2.07. The fraction of sp³-hybridized carbons (Fsp3) is 0.267. The van der Waals surface area contributed by atoms with E-state index < -0.39 is 13.9 Å². The van der Waals surface area contributed by atoms with E-state index in [0.717, 1.165) is 4.90 Å². The molecular formula is C15H18N5O4PS2. The van der Waals surface area contributed by atoms with Gasteiger partial charge in [-0.2, -0.15) is 4.98 Å². The van der Waals surface area contributed by atoms with Crippen LogP contribution in [0.25, 0.3) is 11.2 Å². The Bertz CT molecular complexity index is 976. The first-order valence-corrected chi connectivity index (χ1v) is 11.6. The van der Waals surface area contributed by atoms with E-state index in [1.54, 1.807) is 22.7 Å². The molecule has 0 fully saturated rings. The minimum absolute atomic E-state index is 0.110. The molecule has 2 aromatic heterocycles. The highest BCUT2D eigenvalue weighted by Gasteiger charge is 2.15. The van der Waals surface area contributed by atoms with Crippen molar-refractivity contribution >= 4 is 48.2 Å². The fourth-order valence-electron chi connectivity index (χ4n) is 2.27. The number of fused-ring (bicyclic) bond motifs is 1. The van der Waals surface area contributed by atoms with Crippen molar-refractivity contribution in [3.8, 4) is 0 Å². The molecule has 9 nitrogen and oxygen atoms in total. The van der Waals surface area contributed by atoms with Crippen LogP contribution in [0.2, 0.25) is 0 Å². The largest absolute Gasteiger partial charge is 0.368 e. The molecule has 27 heavy (non-hydrogen) atoms. The highest BCUT2D eigenvalue weighted by Crippen LogP contribution is 2.34. The van der Waals surface area contributed by atoms with Crippen molar-refractivity contribution in [3.05, 3.63) is 30.6 Å². The molecule has 0 aliphatic carbocycles. The molecule has 0 saturated heterocycles. The molecule has 3 rings (SSSR count). The Morgan fingerprint density at radius 3 is 2.59 bits per heavy atom. The van der Waals surface area contributed by atoms with Gasteiger partial charge in [-0.1, -0.05) is 11.8 Å². The summed E-state index contributed by atoms with van der Waals surface area (Å²) in [5.74, 6) is 0.128. The number of hydrogen-bond donors (Lipinski definition) is 3. The second-order valence-electron chi connectivity index (χ2n) is 5.48. The van der Waals surface area contributed by atoms with Crippen LogP contribution in [-0.4, -0.2) is 48.5 Å². The van der Waals surface area contributed by atoms with Gasteiger partial charge in [-0.05, 0) is 30.5 Å². The maximum Gasteiger partial charge on any atom is 0.350 e. The maximum absolute atomic E-state index is 10.8. The van der Waals surface area contributed by atoms with Crippen molar-refractivity contribution < 1.29 is 19.1 Å². The van der Waals surface area contributed by atoms with Crippen LogP contribution >= 0.6 is 31.1 Å². The van der Waals surface area contributed by atoms with Crippen LogP contribution in [0.1, 0.15) is 0 Å². The molecule has 0 radical (unpaired) electrons.